The van der Waals surface area contributed by atoms with Gasteiger partial charge in [0.05, 0.1) is 0 Å². The number of benzene rings is 1. The first-order valence-electron chi connectivity index (χ1n) is 6.88. The second-order valence-electron chi connectivity index (χ2n) is 5.36. The molecule has 0 bridgehead atoms. The third-order valence-corrected chi connectivity index (χ3v) is 3.45. The third-order valence-electron chi connectivity index (χ3n) is 3.45. The van der Waals surface area contributed by atoms with Gasteiger partial charge in [-0.1, -0.05) is 30.7 Å². The Morgan fingerprint density at radius 2 is 1.77 bits per heavy atom. The number of alkyl halides is 3. The zero-order valence-corrected chi connectivity index (χ0v) is 12.3. The van der Waals surface area contributed by atoms with E-state index < -0.39 is 23.7 Å². The zero-order chi connectivity index (χ0) is 16.3. The summed E-state index contributed by atoms with van der Waals surface area (Å²) in [6.45, 7) is 3.58. The molecule has 1 aliphatic rings. The lowest BCUT2D eigenvalue weighted by molar-refractivity contribution is -0.0951. The highest BCUT2D eigenvalue weighted by molar-refractivity contribution is 5.90. The van der Waals surface area contributed by atoms with Crippen LogP contribution in [0.4, 0.5) is 23.7 Å². The standard InChI is InChI=1S/C16H17F3N2O/c1-10-3-6-13(7-4-10)20-15(22)21-14-8-5-12(9-11(14)2)16(17,18)19/h3-8,11H,9H2,1-2H3,(H2,20,21,22). The van der Waals surface area contributed by atoms with Crippen LogP contribution in [-0.4, -0.2) is 12.2 Å². The van der Waals surface area contributed by atoms with Gasteiger partial charge in [-0.05, 0) is 31.6 Å². The number of halogens is 3. The number of carbonyl (C=O) groups excluding carboxylic acids is 1. The number of aryl methyl sites for hydroxylation is 1. The van der Waals surface area contributed by atoms with E-state index in [1.54, 1.807) is 19.1 Å². The van der Waals surface area contributed by atoms with Crippen LogP contribution in [0.15, 0.2) is 47.7 Å². The fraction of sp³-hybridized carbons (Fsp3) is 0.312. The maximum absolute atomic E-state index is 12.6. The molecule has 6 heteroatoms. The number of anilines is 1. The number of carbonyl (C=O) groups is 1. The summed E-state index contributed by atoms with van der Waals surface area (Å²) in [4.78, 5) is 11.9. The summed E-state index contributed by atoms with van der Waals surface area (Å²) in [5.41, 5.74) is 1.58. The molecule has 0 radical (unpaired) electrons. The molecule has 0 aliphatic heterocycles. The Labute approximate surface area is 126 Å². The molecule has 2 N–H and O–H groups in total. The summed E-state index contributed by atoms with van der Waals surface area (Å²) in [5.74, 6) is -0.398. The van der Waals surface area contributed by atoms with E-state index in [9.17, 15) is 18.0 Å². The van der Waals surface area contributed by atoms with E-state index >= 15 is 0 Å². The van der Waals surface area contributed by atoms with Crippen LogP contribution in [0.2, 0.25) is 0 Å². The summed E-state index contributed by atoms with van der Waals surface area (Å²) in [6, 6.07) is 6.77. The van der Waals surface area contributed by atoms with Gasteiger partial charge in [0.25, 0.3) is 0 Å². The average Bonchev–Trinajstić information content (AvgIpc) is 2.42. The van der Waals surface area contributed by atoms with E-state index in [0.29, 0.717) is 11.4 Å². The van der Waals surface area contributed by atoms with E-state index in [-0.39, 0.29) is 6.42 Å². The fourth-order valence-electron chi connectivity index (χ4n) is 2.17. The topological polar surface area (TPSA) is 41.1 Å². The molecule has 22 heavy (non-hydrogen) atoms. The Morgan fingerprint density at radius 1 is 1.14 bits per heavy atom. The highest BCUT2D eigenvalue weighted by Crippen LogP contribution is 2.34. The number of hydrogen-bond acceptors (Lipinski definition) is 1. The molecule has 1 aliphatic carbocycles. The SMILES string of the molecule is Cc1ccc(NC(=O)NC2=CC=C(C(F)(F)F)CC2C)cc1. The molecule has 0 fully saturated rings. The van der Waals surface area contributed by atoms with E-state index in [1.807, 2.05) is 19.1 Å². The molecule has 1 atom stereocenters. The first kappa shape index (κ1) is 16.1. The van der Waals surface area contributed by atoms with Gasteiger partial charge < -0.3 is 10.6 Å². The van der Waals surface area contributed by atoms with Crippen LogP contribution < -0.4 is 10.6 Å². The minimum atomic E-state index is -4.32. The van der Waals surface area contributed by atoms with Crippen LogP contribution in [0.3, 0.4) is 0 Å². The average molecular weight is 310 g/mol. The van der Waals surface area contributed by atoms with Gasteiger partial charge in [0.1, 0.15) is 0 Å². The Bertz CT molecular complexity index is 615. The predicted octanol–water partition coefficient (Wildman–Crippen LogP) is 4.53. The number of allylic oxidation sites excluding steroid dienone is 4. The molecule has 0 spiro atoms. The quantitative estimate of drug-likeness (QED) is 0.828. The monoisotopic (exact) mass is 310 g/mol. The largest absolute Gasteiger partial charge is 0.412 e. The van der Waals surface area contributed by atoms with Crippen molar-refractivity contribution in [1.29, 1.82) is 0 Å². The lowest BCUT2D eigenvalue weighted by Crippen LogP contribution is -2.32. The van der Waals surface area contributed by atoms with Crippen molar-refractivity contribution in [3.63, 3.8) is 0 Å². The molecular formula is C16H17F3N2O. The smallest absolute Gasteiger partial charge is 0.311 e. The van der Waals surface area contributed by atoms with Crippen molar-refractivity contribution in [3.05, 3.63) is 53.3 Å². The van der Waals surface area contributed by atoms with E-state index in [0.717, 1.165) is 11.6 Å². The Kier molecular flexibility index (Phi) is 4.59. The summed E-state index contributed by atoms with van der Waals surface area (Å²) >= 11 is 0. The number of urea groups is 1. The van der Waals surface area contributed by atoms with Crippen LogP contribution in [0.1, 0.15) is 18.9 Å². The molecule has 1 unspecified atom stereocenters. The number of rotatable bonds is 2. The summed E-state index contributed by atoms with van der Waals surface area (Å²) in [7, 11) is 0. The Balaban J connectivity index is 2.01. The van der Waals surface area contributed by atoms with Gasteiger partial charge in [0.2, 0.25) is 0 Å². The first-order chi connectivity index (χ1) is 10.3. The molecule has 0 aromatic heterocycles. The van der Waals surface area contributed by atoms with Crippen molar-refractivity contribution in [2.24, 2.45) is 5.92 Å². The summed E-state index contributed by atoms with van der Waals surface area (Å²) < 4.78 is 37.9. The van der Waals surface area contributed by atoms with E-state index in [2.05, 4.69) is 10.6 Å². The van der Waals surface area contributed by atoms with Crippen LogP contribution in [0.5, 0.6) is 0 Å². The molecule has 2 amide bonds. The highest BCUT2D eigenvalue weighted by atomic mass is 19.4. The van der Waals surface area contributed by atoms with Gasteiger partial charge in [-0.2, -0.15) is 13.2 Å². The van der Waals surface area contributed by atoms with Crippen molar-refractivity contribution >= 4 is 11.7 Å². The molecule has 0 saturated carbocycles. The maximum atomic E-state index is 12.6. The molecule has 2 rings (SSSR count). The van der Waals surface area contributed by atoms with Gasteiger partial charge in [-0.25, -0.2) is 4.79 Å². The molecule has 0 heterocycles. The van der Waals surface area contributed by atoms with Gasteiger partial charge in [-0.3, -0.25) is 0 Å². The molecule has 1 aromatic rings. The van der Waals surface area contributed by atoms with Gasteiger partial charge in [0, 0.05) is 22.9 Å². The molecular weight excluding hydrogens is 293 g/mol. The van der Waals surface area contributed by atoms with Crippen molar-refractivity contribution in [2.45, 2.75) is 26.4 Å². The van der Waals surface area contributed by atoms with Gasteiger partial charge in [0.15, 0.2) is 0 Å². The Hall–Kier alpha value is -2.24. The minimum absolute atomic E-state index is 0.139. The lowest BCUT2D eigenvalue weighted by Gasteiger charge is -2.23. The van der Waals surface area contributed by atoms with Crippen LogP contribution in [-0.2, 0) is 0 Å². The van der Waals surface area contributed by atoms with Crippen molar-refractivity contribution in [1.82, 2.24) is 5.32 Å². The minimum Gasteiger partial charge on any atom is -0.311 e. The van der Waals surface area contributed by atoms with Crippen LogP contribution >= 0.6 is 0 Å². The van der Waals surface area contributed by atoms with E-state index in [1.165, 1.54) is 6.08 Å². The zero-order valence-electron chi connectivity index (χ0n) is 12.3. The lowest BCUT2D eigenvalue weighted by atomic mass is 9.92. The summed E-state index contributed by atoms with van der Waals surface area (Å²) in [5, 5.41) is 5.25. The third kappa shape index (κ3) is 4.13. The number of nitrogens with one attached hydrogen (secondary N) is 2. The van der Waals surface area contributed by atoms with Crippen molar-refractivity contribution in [2.75, 3.05) is 5.32 Å². The first-order valence-corrected chi connectivity index (χ1v) is 6.88. The predicted molar refractivity (Wildman–Crippen MR) is 79.3 cm³/mol. The molecule has 1 aromatic carbocycles. The summed E-state index contributed by atoms with van der Waals surface area (Å²) in [6.07, 6.45) is -2.13. The van der Waals surface area contributed by atoms with Crippen molar-refractivity contribution < 1.29 is 18.0 Å². The number of hydrogen-bond donors (Lipinski definition) is 2. The normalized spacial score (nSPS) is 18.3. The highest BCUT2D eigenvalue weighted by Gasteiger charge is 2.35. The van der Waals surface area contributed by atoms with Crippen LogP contribution in [0, 0.1) is 12.8 Å². The molecule has 0 saturated heterocycles. The van der Waals surface area contributed by atoms with Crippen molar-refractivity contribution in [3.8, 4) is 0 Å². The molecule has 3 nitrogen and oxygen atoms in total. The van der Waals surface area contributed by atoms with E-state index in [4.69, 9.17) is 0 Å². The van der Waals surface area contributed by atoms with Gasteiger partial charge in [-0.15, -0.1) is 0 Å². The number of amides is 2. The van der Waals surface area contributed by atoms with Gasteiger partial charge >= 0.3 is 12.2 Å². The Morgan fingerprint density at radius 3 is 2.32 bits per heavy atom. The second-order valence-corrected chi connectivity index (χ2v) is 5.36. The molecule has 118 valence electrons. The van der Waals surface area contributed by atoms with Crippen LogP contribution in [0.25, 0.3) is 0 Å². The second kappa shape index (κ2) is 6.25. The maximum Gasteiger partial charge on any atom is 0.412 e. The fourth-order valence-corrected chi connectivity index (χ4v) is 2.17.